The number of nitrogens with two attached hydrogens (primary N) is 1. The van der Waals surface area contributed by atoms with Crippen molar-refractivity contribution in [2.75, 3.05) is 24.6 Å². The predicted octanol–water partition coefficient (Wildman–Crippen LogP) is 1.08. The predicted molar refractivity (Wildman–Crippen MR) is 75.9 cm³/mol. The number of primary amides is 1. The van der Waals surface area contributed by atoms with Crippen LogP contribution in [0.3, 0.4) is 0 Å². The van der Waals surface area contributed by atoms with Crippen LogP contribution in [-0.2, 0) is 9.53 Å². The number of nitrogens with zero attached hydrogens (tertiary/aromatic N) is 3. The molecule has 1 saturated heterocycles. The van der Waals surface area contributed by atoms with E-state index in [2.05, 4.69) is 10.1 Å². The Morgan fingerprint density at radius 1 is 1.38 bits per heavy atom. The van der Waals surface area contributed by atoms with Crippen molar-refractivity contribution < 1.29 is 14.1 Å². The maximum Gasteiger partial charge on any atom is 0.324 e. The van der Waals surface area contributed by atoms with Crippen LogP contribution in [-0.4, -0.2) is 41.8 Å². The monoisotopic (exact) mass is 308 g/mol. The van der Waals surface area contributed by atoms with Crippen molar-refractivity contribution in [3.05, 3.63) is 29.3 Å². The number of carbonyl (C=O) groups is 1. The second kappa shape index (κ2) is 5.71. The molecule has 0 bridgehead atoms. The number of hydrogen-bond donors (Lipinski definition) is 1. The molecule has 2 N–H and O–H groups in total. The largest absolute Gasteiger partial charge is 0.367 e. The highest BCUT2D eigenvalue weighted by atomic mass is 35.5. The van der Waals surface area contributed by atoms with Gasteiger partial charge in [0, 0.05) is 17.1 Å². The van der Waals surface area contributed by atoms with E-state index < -0.39 is 12.0 Å². The summed E-state index contributed by atoms with van der Waals surface area (Å²) in [6, 6.07) is 7.47. The van der Waals surface area contributed by atoms with Crippen LogP contribution in [0.25, 0.3) is 11.4 Å². The van der Waals surface area contributed by atoms with Crippen LogP contribution in [0, 0.1) is 0 Å². The van der Waals surface area contributed by atoms with E-state index in [1.807, 2.05) is 12.1 Å². The Balaban J connectivity index is 1.78. The SMILES string of the molecule is NC(=O)C1CN(c2nc(-c3ccc(Cl)cc3)no2)CCO1. The van der Waals surface area contributed by atoms with Gasteiger partial charge in [0.15, 0.2) is 6.10 Å². The fourth-order valence-electron chi connectivity index (χ4n) is 2.06. The van der Waals surface area contributed by atoms with E-state index >= 15 is 0 Å². The molecule has 2 aromatic rings. The number of ether oxygens (including phenoxy) is 1. The van der Waals surface area contributed by atoms with Crippen molar-refractivity contribution in [1.82, 2.24) is 10.1 Å². The number of aromatic nitrogens is 2. The van der Waals surface area contributed by atoms with Gasteiger partial charge in [0.2, 0.25) is 11.7 Å². The third kappa shape index (κ3) is 2.98. The molecular weight excluding hydrogens is 296 g/mol. The lowest BCUT2D eigenvalue weighted by atomic mass is 10.2. The Labute approximate surface area is 125 Å². The number of morpholine rings is 1. The van der Waals surface area contributed by atoms with Gasteiger partial charge in [-0.25, -0.2) is 0 Å². The molecule has 1 aliphatic heterocycles. The molecule has 1 aromatic carbocycles. The minimum absolute atomic E-state index is 0.303. The maximum atomic E-state index is 11.2. The second-order valence-corrected chi connectivity index (χ2v) is 5.05. The first-order valence-corrected chi connectivity index (χ1v) is 6.77. The van der Waals surface area contributed by atoms with E-state index in [-0.39, 0.29) is 0 Å². The number of carbonyl (C=O) groups excluding carboxylic acids is 1. The Morgan fingerprint density at radius 3 is 2.86 bits per heavy atom. The molecule has 110 valence electrons. The molecule has 0 saturated carbocycles. The number of benzene rings is 1. The van der Waals surface area contributed by atoms with E-state index in [1.54, 1.807) is 17.0 Å². The molecule has 3 rings (SSSR count). The molecule has 0 radical (unpaired) electrons. The van der Waals surface area contributed by atoms with Crippen LogP contribution in [0.15, 0.2) is 28.8 Å². The quantitative estimate of drug-likeness (QED) is 0.911. The lowest BCUT2D eigenvalue weighted by molar-refractivity contribution is -0.130. The van der Waals surface area contributed by atoms with Gasteiger partial charge in [-0.1, -0.05) is 16.8 Å². The Kier molecular flexibility index (Phi) is 3.76. The molecule has 1 fully saturated rings. The minimum atomic E-state index is -0.662. The smallest absolute Gasteiger partial charge is 0.324 e. The van der Waals surface area contributed by atoms with Crippen LogP contribution < -0.4 is 10.6 Å². The van der Waals surface area contributed by atoms with E-state index in [0.29, 0.717) is 36.6 Å². The Bertz CT molecular complexity index is 643. The highest BCUT2D eigenvalue weighted by Gasteiger charge is 2.27. The standard InChI is InChI=1S/C13H13ClN4O3/c14-9-3-1-8(2-4-9)12-16-13(21-17-12)18-5-6-20-10(7-18)11(15)19/h1-4,10H,5-7H2,(H2,15,19). The molecule has 1 unspecified atom stereocenters. The minimum Gasteiger partial charge on any atom is -0.367 e. The maximum absolute atomic E-state index is 11.2. The Morgan fingerprint density at radius 2 is 2.14 bits per heavy atom. The average Bonchev–Trinajstić information content (AvgIpc) is 2.98. The van der Waals surface area contributed by atoms with Crippen molar-refractivity contribution in [2.45, 2.75) is 6.10 Å². The highest BCUT2D eigenvalue weighted by Crippen LogP contribution is 2.22. The number of anilines is 1. The molecule has 2 heterocycles. The van der Waals surface area contributed by atoms with Gasteiger partial charge in [0.1, 0.15) is 0 Å². The second-order valence-electron chi connectivity index (χ2n) is 4.62. The van der Waals surface area contributed by atoms with Crippen LogP contribution in [0.5, 0.6) is 0 Å². The van der Waals surface area contributed by atoms with Gasteiger partial charge in [0.05, 0.1) is 13.2 Å². The van der Waals surface area contributed by atoms with Gasteiger partial charge in [-0.3, -0.25) is 4.79 Å². The zero-order valence-corrected chi connectivity index (χ0v) is 11.8. The summed E-state index contributed by atoms with van der Waals surface area (Å²) in [5, 5.41) is 4.57. The first kappa shape index (κ1) is 13.8. The molecule has 8 heteroatoms. The molecule has 1 atom stereocenters. The third-order valence-electron chi connectivity index (χ3n) is 3.17. The van der Waals surface area contributed by atoms with Crippen LogP contribution in [0.1, 0.15) is 0 Å². The lowest BCUT2D eigenvalue weighted by Gasteiger charge is -2.29. The van der Waals surface area contributed by atoms with E-state index in [4.69, 9.17) is 26.6 Å². The molecule has 1 aromatic heterocycles. The zero-order chi connectivity index (χ0) is 14.8. The molecule has 0 spiro atoms. The molecule has 1 aliphatic rings. The van der Waals surface area contributed by atoms with Gasteiger partial charge < -0.3 is 19.9 Å². The highest BCUT2D eigenvalue weighted by molar-refractivity contribution is 6.30. The molecule has 7 nitrogen and oxygen atoms in total. The van der Waals surface area contributed by atoms with Crippen LogP contribution in [0.2, 0.25) is 5.02 Å². The number of halogens is 1. The van der Waals surface area contributed by atoms with Crippen molar-refractivity contribution in [2.24, 2.45) is 5.73 Å². The average molecular weight is 309 g/mol. The van der Waals surface area contributed by atoms with E-state index in [1.165, 1.54) is 0 Å². The van der Waals surface area contributed by atoms with Gasteiger partial charge >= 0.3 is 6.01 Å². The Hall–Kier alpha value is -2.12. The lowest BCUT2D eigenvalue weighted by Crippen LogP contribution is -2.48. The third-order valence-corrected chi connectivity index (χ3v) is 3.42. The van der Waals surface area contributed by atoms with E-state index in [9.17, 15) is 4.79 Å². The van der Waals surface area contributed by atoms with Crippen molar-refractivity contribution in [3.8, 4) is 11.4 Å². The molecular formula is C13H13ClN4O3. The number of rotatable bonds is 3. The normalized spacial score (nSPS) is 18.7. The van der Waals surface area contributed by atoms with Crippen molar-refractivity contribution in [1.29, 1.82) is 0 Å². The fourth-order valence-corrected chi connectivity index (χ4v) is 2.18. The summed E-state index contributed by atoms with van der Waals surface area (Å²) >= 11 is 5.84. The van der Waals surface area contributed by atoms with Gasteiger partial charge in [-0.15, -0.1) is 0 Å². The van der Waals surface area contributed by atoms with Gasteiger partial charge in [-0.2, -0.15) is 4.98 Å². The summed E-state index contributed by atoms with van der Waals surface area (Å²) in [4.78, 5) is 17.3. The number of hydrogen-bond acceptors (Lipinski definition) is 6. The summed E-state index contributed by atoms with van der Waals surface area (Å²) in [5.74, 6) is -0.0408. The first-order valence-electron chi connectivity index (χ1n) is 6.39. The summed E-state index contributed by atoms with van der Waals surface area (Å²) in [6.07, 6.45) is -0.662. The van der Waals surface area contributed by atoms with Crippen molar-refractivity contribution >= 4 is 23.5 Å². The molecule has 1 amide bonds. The topological polar surface area (TPSA) is 94.5 Å². The van der Waals surface area contributed by atoms with E-state index in [0.717, 1.165) is 5.56 Å². The fraction of sp³-hybridized carbons (Fsp3) is 0.308. The number of amides is 1. The molecule has 0 aliphatic carbocycles. The summed E-state index contributed by atoms with van der Waals surface area (Å²) in [6.45, 7) is 1.25. The van der Waals surface area contributed by atoms with Gasteiger partial charge in [0.25, 0.3) is 0 Å². The summed E-state index contributed by atoms with van der Waals surface area (Å²) in [5.41, 5.74) is 6.05. The molecule has 21 heavy (non-hydrogen) atoms. The van der Waals surface area contributed by atoms with Crippen LogP contribution in [0.4, 0.5) is 6.01 Å². The summed E-state index contributed by atoms with van der Waals surface area (Å²) < 4.78 is 10.5. The zero-order valence-electron chi connectivity index (χ0n) is 11.0. The first-order chi connectivity index (χ1) is 10.1. The van der Waals surface area contributed by atoms with Crippen LogP contribution >= 0.6 is 11.6 Å². The van der Waals surface area contributed by atoms with Gasteiger partial charge in [-0.05, 0) is 24.3 Å². The summed E-state index contributed by atoms with van der Waals surface area (Å²) in [7, 11) is 0. The van der Waals surface area contributed by atoms with Crippen molar-refractivity contribution in [3.63, 3.8) is 0 Å².